The topological polar surface area (TPSA) is 3.24 Å². The van der Waals surface area contributed by atoms with Crippen molar-refractivity contribution in [1.82, 2.24) is 0 Å². The maximum atomic E-state index is 2.51. The molecule has 0 heterocycles. The third-order valence-electron chi connectivity index (χ3n) is 6.43. The van der Waals surface area contributed by atoms with Crippen molar-refractivity contribution in [3.8, 4) is 0 Å². The van der Waals surface area contributed by atoms with E-state index in [4.69, 9.17) is 0 Å². The van der Waals surface area contributed by atoms with E-state index in [0.29, 0.717) is 0 Å². The predicted molar refractivity (Wildman–Crippen MR) is 141 cm³/mol. The second-order valence-corrected chi connectivity index (χ2v) is 22.3. The van der Waals surface area contributed by atoms with Gasteiger partial charge in [-0.1, -0.05) is 0 Å². The third kappa shape index (κ3) is 7.48. The number of benzene rings is 2. The van der Waals surface area contributed by atoms with Crippen LogP contribution in [0.3, 0.4) is 0 Å². The van der Waals surface area contributed by atoms with E-state index in [1.807, 2.05) is 0 Å². The first kappa shape index (κ1) is 25.0. The van der Waals surface area contributed by atoms with Gasteiger partial charge in [0.15, 0.2) is 0 Å². The van der Waals surface area contributed by atoms with Crippen LogP contribution in [0.1, 0.15) is 70.4 Å². The summed E-state index contributed by atoms with van der Waals surface area (Å²) in [7, 11) is 4.16. The summed E-state index contributed by atoms with van der Waals surface area (Å²) in [6, 6.07) is 18.5. The minimum atomic E-state index is -2.29. The van der Waals surface area contributed by atoms with Crippen LogP contribution in [0, 0.1) is 0 Å². The monoisotopic (exact) mass is 513 g/mol. The van der Waals surface area contributed by atoms with Crippen LogP contribution in [-0.2, 0) is 0 Å². The zero-order chi connectivity index (χ0) is 21.8. The molecule has 0 aliphatic heterocycles. The fourth-order valence-corrected chi connectivity index (χ4v) is 20.3. The molecule has 0 saturated carbocycles. The van der Waals surface area contributed by atoms with E-state index < -0.39 is 18.4 Å². The molecule has 164 valence electrons. The molecule has 0 spiro atoms. The third-order valence-corrected chi connectivity index (χ3v) is 22.1. The number of nitrogens with zero attached hydrogens (tertiary/aromatic N) is 1. The van der Waals surface area contributed by atoms with Crippen molar-refractivity contribution < 1.29 is 0 Å². The molecule has 0 unspecified atom stereocenters. The fourth-order valence-electron chi connectivity index (χ4n) is 4.38. The first-order valence-electron chi connectivity index (χ1n) is 12.1. The molecular formula is C28H43NSn. The summed E-state index contributed by atoms with van der Waals surface area (Å²) >= 11 is -2.29. The first-order chi connectivity index (χ1) is 14.5. The Balaban J connectivity index is 2.19. The van der Waals surface area contributed by atoms with Gasteiger partial charge < -0.3 is 0 Å². The van der Waals surface area contributed by atoms with E-state index in [2.05, 4.69) is 100 Å². The molecule has 2 aromatic rings. The Morgan fingerprint density at radius 2 is 1.03 bits per heavy atom. The molecule has 30 heavy (non-hydrogen) atoms. The van der Waals surface area contributed by atoms with Gasteiger partial charge in [0.05, 0.1) is 0 Å². The van der Waals surface area contributed by atoms with Crippen molar-refractivity contribution in [1.29, 1.82) is 0 Å². The molecule has 0 amide bonds. The van der Waals surface area contributed by atoms with Crippen LogP contribution in [0.5, 0.6) is 0 Å². The van der Waals surface area contributed by atoms with Gasteiger partial charge in [-0.3, -0.25) is 0 Å². The molecule has 2 heteroatoms. The summed E-state index contributed by atoms with van der Waals surface area (Å²) in [5.41, 5.74) is 3.82. The van der Waals surface area contributed by atoms with E-state index >= 15 is 0 Å². The predicted octanol–water partition coefficient (Wildman–Crippen LogP) is 7.98. The summed E-state index contributed by atoms with van der Waals surface area (Å²) in [5.74, 6) is 0. The molecule has 0 bridgehead atoms. The van der Waals surface area contributed by atoms with E-state index in [9.17, 15) is 0 Å². The second-order valence-electron chi connectivity index (χ2n) is 9.03. The first-order valence-corrected chi connectivity index (χ1v) is 19.6. The SMILES string of the molecule is CCC[CH2][Sn]([CH2]CCC)([CH2]CCC)[c]1ccc(/C=C/c2ccc(N(C)C)cc2)cc1. The molecule has 0 fully saturated rings. The molecule has 0 aromatic heterocycles. The molecule has 0 aliphatic carbocycles. The number of unbranched alkanes of at least 4 members (excludes halogenated alkanes) is 3. The molecular weight excluding hydrogens is 469 g/mol. The van der Waals surface area contributed by atoms with Gasteiger partial charge in [-0.15, -0.1) is 0 Å². The van der Waals surface area contributed by atoms with Crippen LogP contribution < -0.4 is 8.48 Å². The average Bonchev–Trinajstić information content (AvgIpc) is 2.78. The number of rotatable bonds is 13. The summed E-state index contributed by atoms with van der Waals surface area (Å²) in [4.78, 5) is 2.14. The quantitative estimate of drug-likeness (QED) is 0.194. The van der Waals surface area contributed by atoms with Gasteiger partial charge in [0.2, 0.25) is 0 Å². The van der Waals surface area contributed by atoms with Crippen LogP contribution in [0.15, 0.2) is 48.5 Å². The molecule has 2 rings (SSSR count). The summed E-state index contributed by atoms with van der Waals surface area (Å²) in [6.07, 6.45) is 12.8. The number of anilines is 1. The number of hydrogen-bond acceptors (Lipinski definition) is 1. The van der Waals surface area contributed by atoms with Crippen LogP contribution in [0.4, 0.5) is 5.69 Å². The average molecular weight is 512 g/mol. The molecule has 0 saturated heterocycles. The molecule has 0 radical (unpaired) electrons. The van der Waals surface area contributed by atoms with Crippen molar-refractivity contribution in [2.24, 2.45) is 0 Å². The van der Waals surface area contributed by atoms with Gasteiger partial charge in [-0.25, -0.2) is 0 Å². The van der Waals surface area contributed by atoms with Gasteiger partial charge in [0.1, 0.15) is 0 Å². The molecule has 0 aliphatic rings. The number of hydrogen-bond donors (Lipinski definition) is 0. The van der Waals surface area contributed by atoms with Gasteiger partial charge in [-0.2, -0.15) is 0 Å². The van der Waals surface area contributed by atoms with Crippen molar-refractivity contribution in [2.75, 3.05) is 19.0 Å². The van der Waals surface area contributed by atoms with Crippen LogP contribution in [0.25, 0.3) is 12.2 Å². The van der Waals surface area contributed by atoms with Crippen LogP contribution in [-0.4, -0.2) is 32.5 Å². The second kappa shape index (κ2) is 13.2. The molecule has 0 N–H and O–H groups in total. The summed E-state index contributed by atoms with van der Waals surface area (Å²) in [5, 5.41) is 0. The maximum absolute atomic E-state index is 2.51. The normalized spacial score (nSPS) is 11.9. The Kier molecular flexibility index (Phi) is 11.1. The van der Waals surface area contributed by atoms with Crippen LogP contribution >= 0.6 is 0 Å². The Morgan fingerprint density at radius 1 is 0.633 bits per heavy atom. The summed E-state index contributed by atoms with van der Waals surface area (Å²) < 4.78 is 6.39. The molecule has 2 aromatic carbocycles. The zero-order valence-electron chi connectivity index (χ0n) is 20.1. The standard InChI is InChI=1S/C16H16N.3C4H9.Sn/c1-17(2)16-12-10-15(11-13-16)9-8-14-6-4-3-5-7-14;3*1-3-4-2;/h4-13H,1-2H3;3*1,3-4H2,2H3;/b9-8+;;;;. The van der Waals surface area contributed by atoms with E-state index in [0.717, 1.165) is 0 Å². The van der Waals surface area contributed by atoms with Crippen LogP contribution in [0.2, 0.25) is 13.3 Å². The Labute approximate surface area is 190 Å². The minimum absolute atomic E-state index is 1.24. The van der Waals surface area contributed by atoms with E-state index in [1.165, 1.54) is 55.3 Å². The Morgan fingerprint density at radius 3 is 1.40 bits per heavy atom. The van der Waals surface area contributed by atoms with Crippen molar-refractivity contribution in [2.45, 2.75) is 72.6 Å². The Hall–Kier alpha value is -1.22. The van der Waals surface area contributed by atoms with Crippen molar-refractivity contribution in [3.05, 3.63) is 59.7 Å². The molecule has 1 nitrogen and oxygen atoms in total. The van der Waals surface area contributed by atoms with E-state index in [1.54, 1.807) is 16.9 Å². The van der Waals surface area contributed by atoms with Gasteiger partial charge in [0.25, 0.3) is 0 Å². The summed E-state index contributed by atoms with van der Waals surface area (Å²) in [6.45, 7) is 7.07. The van der Waals surface area contributed by atoms with E-state index in [-0.39, 0.29) is 0 Å². The zero-order valence-corrected chi connectivity index (χ0v) is 22.9. The molecule has 0 atom stereocenters. The van der Waals surface area contributed by atoms with Gasteiger partial charge >= 0.3 is 191 Å². The van der Waals surface area contributed by atoms with Gasteiger partial charge in [0, 0.05) is 0 Å². The fraction of sp³-hybridized carbons (Fsp3) is 0.500. The van der Waals surface area contributed by atoms with Crippen molar-refractivity contribution in [3.63, 3.8) is 0 Å². The van der Waals surface area contributed by atoms with Gasteiger partial charge in [-0.05, 0) is 0 Å². The van der Waals surface area contributed by atoms with Crippen molar-refractivity contribution >= 4 is 39.8 Å². The Bertz CT molecular complexity index is 721.